The zero-order valence-corrected chi connectivity index (χ0v) is 15.2. The lowest BCUT2D eigenvalue weighted by Gasteiger charge is -2.18. The quantitative estimate of drug-likeness (QED) is 0.797. The average Bonchev–Trinajstić information content (AvgIpc) is 2.66. The van der Waals surface area contributed by atoms with Gasteiger partial charge in [0.25, 0.3) is 5.91 Å². The van der Waals surface area contributed by atoms with Crippen LogP contribution in [0.4, 0.5) is 0 Å². The summed E-state index contributed by atoms with van der Waals surface area (Å²) >= 11 is 0. The molecule has 0 aliphatic rings. The highest BCUT2D eigenvalue weighted by molar-refractivity contribution is 5.78. The van der Waals surface area contributed by atoms with Gasteiger partial charge in [0.15, 0.2) is 6.61 Å². The Balaban J connectivity index is 1.95. The lowest BCUT2D eigenvalue weighted by molar-refractivity contribution is -0.123. The molecule has 0 bridgehead atoms. The number of amides is 1. The van der Waals surface area contributed by atoms with Gasteiger partial charge in [0.05, 0.1) is 20.3 Å². The Morgan fingerprint density at radius 2 is 1.72 bits per heavy atom. The maximum absolute atomic E-state index is 12.2. The van der Waals surface area contributed by atoms with Crippen molar-refractivity contribution >= 4 is 5.91 Å². The summed E-state index contributed by atoms with van der Waals surface area (Å²) in [5, 5.41) is 2.92. The van der Waals surface area contributed by atoms with Crippen LogP contribution in [0.15, 0.2) is 42.5 Å². The Labute approximate surface area is 148 Å². The molecule has 0 saturated heterocycles. The largest absolute Gasteiger partial charge is 0.497 e. The third kappa shape index (κ3) is 5.14. The van der Waals surface area contributed by atoms with Crippen LogP contribution in [0.2, 0.25) is 0 Å². The molecule has 0 aliphatic heterocycles. The van der Waals surface area contributed by atoms with Gasteiger partial charge in [-0.25, -0.2) is 0 Å². The smallest absolute Gasteiger partial charge is 0.258 e. The predicted octanol–water partition coefficient (Wildman–Crippen LogP) is 3.52. The molecule has 1 atom stereocenters. The number of benzene rings is 2. The first-order chi connectivity index (χ1) is 12.1. The van der Waals surface area contributed by atoms with Crippen LogP contribution < -0.4 is 19.5 Å². The Hall–Kier alpha value is -2.69. The van der Waals surface area contributed by atoms with E-state index in [-0.39, 0.29) is 18.6 Å². The third-order valence-electron chi connectivity index (χ3n) is 3.98. The fourth-order valence-corrected chi connectivity index (χ4v) is 2.51. The Morgan fingerprint density at radius 1 is 1.04 bits per heavy atom. The van der Waals surface area contributed by atoms with Crippen molar-refractivity contribution in [2.24, 2.45) is 0 Å². The van der Waals surface area contributed by atoms with Gasteiger partial charge in [-0.2, -0.15) is 0 Å². The number of hydrogen-bond donors (Lipinski definition) is 1. The standard InChI is InChI=1S/C20H25NO4/c1-5-15-6-8-16(9-7-15)25-13-20(22)21-14(2)18-12-17(23-3)10-11-19(18)24-4/h6-12,14H,5,13H2,1-4H3,(H,21,22). The van der Waals surface area contributed by atoms with Gasteiger partial charge >= 0.3 is 0 Å². The number of methoxy groups -OCH3 is 2. The third-order valence-corrected chi connectivity index (χ3v) is 3.98. The second kappa shape index (κ2) is 8.97. The number of aryl methyl sites for hydroxylation is 1. The van der Waals surface area contributed by atoms with Gasteiger partial charge in [-0.15, -0.1) is 0 Å². The molecule has 0 fully saturated rings. The average molecular weight is 343 g/mol. The van der Waals surface area contributed by atoms with Gasteiger partial charge < -0.3 is 19.5 Å². The van der Waals surface area contributed by atoms with Crippen molar-refractivity contribution in [3.05, 3.63) is 53.6 Å². The second-order valence-electron chi connectivity index (χ2n) is 5.68. The molecule has 5 nitrogen and oxygen atoms in total. The Bertz CT molecular complexity index is 697. The zero-order valence-electron chi connectivity index (χ0n) is 15.2. The van der Waals surface area contributed by atoms with Crippen LogP contribution in [-0.2, 0) is 11.2 Å². The highest BCUT2D eigenvalue weighted by Gasteiger charge is 2.15. The van der Waals surface area contributed by atoms with Crippen molar-refractivity contribution in [3.63, 3.8) is 0 Å². The fourth-order valence-electron chi connectivity index (χ4n) is 2.51. The van der Waals surface area contributed by atoms with E-state index < -0.39 is 0 Å². The number of rotatable bonds is 8. The first kappa shape index (κ1) is 18.6. The summed E-state index contributed by atoms with van der Waals surface area (Å²) in [5.74, 6) is 1.89. The lowest BCUT2D eigenvalue weighted by atomic mass is 10.1. The van der Waals surface area contributed by atoms with Crippen LogP contribution >= 0.6 is 0 Å². The highest BCUT2D eigenvalue weighted by atomic mass is 16.5. The maximum Gasteiger partial charge on any atom is 0.258 e. The predicted molar refractivity (Wildman–Crippen MR) is 97.4 cm³/mol. The van der Waals surface area contributed by atoms with Gasteiger partial charge in [0.1, 0.15) is 17.2 Å². The molecular formula is C20H25NO4. The van der Waals surface area contributed by atoms with Gasteiger partial charge in [-0.3, -0.25) is 4.79 Å². The van der Waals surface area contributed by atoms with Crippen molar-refractivity contribution < 1.29 is 19.0 Å². The number of hydrogen-bond acceptors (Lipinski definition) is 4. The molecule has 0 spiro atoms. The normalized spacial score (nSPS) is 11.5. The van der Waals surface area contributed by atoms with Crippen LogP contribution in [0.1, 0.15) is 31.0 Å². The SMILES string of the molecule is CCc1ccc(OCC(=O)NC(C)c2cc(OC)ccc2OC)cc1. The van der Waals surface area contributed by atoms with Crippen molar-refractivity contribution in [1.29, 1.82) is 0 Å². The number of nitrogens with one attached hydrogen (secondary N) is 1. The van der Waals surface area contributed by atoms with Crippen molar-refractivity contribution in [3.8, 4) is 17.2 Å². The van der Waals surface area contributed by atoms with Crippen LogP contribution in [0, 0.1) is 0 Å². The van der Waals surface area contributed by atoms with E-state index >= 15 is 0 Å². The van der Waals surface area contributed by atoms with E-state index in [1.165, 1.54) is 5.56 Å². The van der Waals surface area contributed by atoms with Crippen LogP contribution in [-0.4, -0.2) is 26.7 Å². The molecule has 0 heterocycles. The number of carbonyl (C=O) groups is 1. The minimum absolute atomic E-state index is 0.0396. The first-order valence-electron chi connectivity index (χ1n) is 8.30. The molecule has 1 unspecified atom stereocenters. The Kier molecular flexibility index (Phi) is 6.69. The number of ether oxygens (including phenoxy) is 3. The van der Waals surface area contributed by atoms with E-state index in [0.29, 0.717) is 17.2 Å². The van der Waals surface area contributed by atoms with E-state index in [1.807, 2.05) is 49.4 Å². The minimum Gasteiger partial charge on any atom is -0.497 e. The number of carbonyl (C=O) groups excluding carboxylic acids is 1. The summed E-state index contributed by atoms with van der Waals surface area (Å²) < 4.78 is 16.1. The molecule has 5 heteroatoms. The summed E-state index contributed by atoms with van der Waals surface area (Å²) in [5.41, 5.74) is 2.08. The lowest BCUT2D eigenvalue weighted by Crippen LogP contribution is -2.31. The monoisotopic (exact) mass is 343 g/mol. The van der Waals surface area contributed by atoms with Crippen molar-refractivity contribution in [1.82, 2.24) is 5.32 Å². The minimum atomic E-state index is -0.233. The van der Waals surface area contributed by atoms with E-state index in [2.05, 4.69) is 12.2 Å². The molecule has 2 rings (SSSR count). The van der Waals surface area contributed by atoms with E-state index in [0.717, 1.165) is 12.0 Å². The van der Waals surface area contributed by atoms with Gasteiger partial charge in [-0.05, 0) is 49.2 Å². The molecular weight excluding hydrogens is 318 g/mol. The summed E-state index contributed by atoms with van der Waals surface area (Å²) in [6.07, 6.45) is 0.973. The van der Waals surface area contributed by atoms with Crippen LogP contribution in [0.3, 0.4) is 0 Å². The fraction of sp³-hybridized carbons (Fsp3) is 0.350. The molecule has 1 amide bonds. The molecule has 0 aliphatic carbocycles. The van der Waals surface area contributed by atoms with Crippen molar-refractivity contribution in [2.75, 3.05) is 20.8 Å². The summed E-state index contributed by atoms with van der Waals surface area (Å²) in [7, 11) is 3.20. The van der Waals surface area contributed by atoms with E-state index in [9.17, 15) is 4.79 Å². The van der Waals surface area contributed by atoms with Crippen LogP contribution in [0.5, 0.6) is 17.2 Å². The van der Waals surface area contributed by atoms with E-state index in [1.54, 1.807) is 14.2 Å². The summed E-state index contributed by atoms with van der Waals surface area (Å²) in [6, 6.07) is 13.0. The first-order valence-corrected chi connectivity index (χ1v) is 8.30. The molecule has 2 aromatic rings. The molecule has 25 heavy (non-hydrogen) atoms. The summed E-state index contributed by atoms with van der Waals surface area (Å²) in [6.45, 7) is 3.95. The van der Waals surface area contributed by atoms with Crippen molar-refractivity contribution in [2.45, 2.75) is 26.3 Å². The van der Waals surface area contributed by atoms with Gasteiger partial charge in [0.2, 0.25) is 0 Å². The molecule has 0 radical (unpaired) electrons. The zero-order chi connectivity index (χ0) is 18.2. The van der Waals surface area contributed by atoms with Gasteiger partial charge in [-0.1, -0.05) is 19.1 Å². The molecule has 2 aromatic carbocycles. The molecule has 134 valence electrons. The highest BCUT2D eigenvalue weighted by Crippen LogP contribution is 2.29. The van der Waals surface area contributed by atoms with Gasteiger partial charge in [0, 0.05) is 5.56 Å². The summed E-state index contributed by atoms with van der Waals surface area (Å²) in [4.78, 5) is 12.2. The second-order valence-corrected chi connectivity index (χ2v) is 5.68. The Morgan fingerprint density at radius 3 is 2.32 bits per heavy atom. The van der Waals surface area contributed by atoms with E-state index in [4.69, 9.17) is 14.2 Å². The van der Waals surface area contributed by atoms with Crippen LogP contribution in [0.25, 0.3) is 0 Å². The molecule has 1 N–H and O–H groups in total. The maximum atomic E-state index is 12.2. The topological polar surface area (TPSA) is 56.8 Å². The molecule has 0 aromatic heterocycles. The molecule has 0 saturated carbocycles.